The zero-order valence-corrected chi connectivity index (χ0v) is 9.91. The van der Waals surface area contributed by atoms with Gasteiger partial charge in [0, 0.05) is 19.3 Å². The average Bonchev–Trinajstić information content (AvgIpc) is 2.70. The Morgan fingerprint density at radius 2 is 2.22 bits per heavy atom. The molecule has 7 nitrogen and oxygen atoms in total. The summed E-state index contributed by atoms with van der Waals surface area (Å²) in [5.74, 6) is 0.693. The lowest BCUT2D eigenvalue weighted by molar-refractivity contribution is 0.0696. The van der Waals surface area contributed by atoms with Gasteiger partial charge < -0.3 is 15.2 Å². The number of methoxy groups -OCH3 is 1. The number of nitrogens with one attached hydrogen (secondary N) is 1. The van der Waals surface area contributed by atoms with Crippen molar-refractivity contribution >= 4 is 17.6 Å². The number of ether oxygens (including phenoxy) is 1. The predicted molar refractivity (Wildman–Crippen MR) is 64.2 cm³/mol. The first kappa shape index (κ1) is 11.9. The number of hydrogen-bond acceptors (Lipinski definition) is 5. The van der Waals surface area contributed by atoms with Crippen LogP contribution in [0.3, 0.4) is 0 Å². The van der Waals surface area contributed by atoms with E-state index in [1.54, 1.807) is 31.0 Å². The van der Waals surface area contributed by atoms with Crippen LogP contribution in [0.2, 0.25) is 0 Å². The fraction of sp³-hybridized carbons (Fsp3) is 0.182. The largest absolute Gasteiger partial charge is 0.481 e. The maximum atomic E-state index is 10.7. The van der Waals surface area contributed by atoms with Gasteiger partial charge in [0.15, 0.2) is 5.82 Å². The van der Waals surface area contributed by atoms with Crippen molar-refractivity contribution in [3.05, 3.63) is 30.0 Å². The highest BCUT2D eigenvalue weighted by atomic mass is 16.5. The molecule has 0 aliphatic carbocycles. The van der Waals surface area contributed by atoms with E-state index in [0.717, 1.165) is 0 Å². The molecule has 0 fully saturated rings. The first-order valence-corrected chi connectivity index (χ1v) is 5.14. The van der Waals surface area contributed by atoms with Gasteiger partial charge in [0.2, 0.25) is 5.88 Å². The summed E-state index contributed by atoms with van der Waals surface area (Å²) in [6, 6.07) is 4.76. The summed E-state index contributed by atoms with van der Waals surface area (Å²) in [5, 5.41) is 15.9. The zero-order chi connectivity index (χ0) is 13.1. The summed E-state index contributed by atoms with van der Waals surface area (Å²) < 4.78 is 6.65. The van der Waals surface area contributed by atoms with Crippen molar-refractivity contribution < 1.29 is 14.6 Å². The molecule has 2 aromatic rings. The number of carboxylic acids is 1. The van der Waals surface area contributed by atoms with Crippen LogP contribution >= 0.6 is 0 Å². The number of carboxylic acid groups (broad SMARTS) is 1. The predicted octanol–water partition coefficient (Wildman–Crippen LogP) is 1.27. The molecule has 0 atom stereocenters. The Morgan fingerprint density at radius 1 is 1.44 bits per heavy atom. The molecular weight excluding hydrogens is 236 g/mol. The Hall–Kier alpha value is -2.57. The van der Waals surface area contributed by atoms with Gasteiger partial charge in [-0.25, -0.2) is 14.5 Å². The van der Waals surface area contributed by atoms with Crippen LogP contribution in [0.1, 0.15) is 10.4 Å². The van der Waals surface area contributed by atoms with Crippen LogP contribution in [0, 0.1) is 0 Å². The lowest BCUT2D eigenvalue weighted by Gasteiger charge is -2.01. The van der Waals surface area contributed by atoms with Gasteiger partial charge in [0.25, 0.3) is 0 Å². The van der Waals surface area contributed by atoms with Crippen molar-refractivity contribution in [2.75, 3.05) is 12.4 Å². The molecule has 2 rings (SSSR count). The second-order valence-electron chi connectivity index (χ2n) is 3.56. The number of aryl methyl sites for hydroxylation is 1. The number of anilines is 2. The van der Waals surface area contributed by atoms with Gasteiger partial charge in [-0.3, -0.25) is 0 Å². The highest BCUT2D eigenvalue weighted by Gasteiger charge is 2.07. The van der Waals surface area contributed by atoms with Crippen molar-refractivity contribution in [1.82, 2.24) is 14.8 Å². The SMILES string of the molecule is COc1cc(Nc2ccc(C(=O)O)cn2)nn1C. The molecule has 0 radical (unpaired) electrons. The number of pyridine rings is 1. The third kappa shape index (κ3) is 2.40. The van der Waals surface area contributed by atoms with E-state index in [0.29, 0.717) is 17.5 Å². The van der Waals surface area contributed by atoms with Crippen LogP contribution in [0.15, 0.2) is 24.4 Å². The monoisotopic (exact) mass is 248 g/mol. The van der Waals surface area contributed by atoms with Crippen molar-refractivity contribution in [3.63, 3.8) is 0 Å². The molecule has 0 aromatic carbocycles. The molecule has 7 heteroatoms. The van der Waals surface area contributed by atoms with Crippen LogP contribution in [0.25, 0.3) is 0 Å². The van der Waals surface area contributed by atoms with Gasteiger partial charge in [-0.2, -0.15) is 5.10 Å². The molecule has 2 aromatic heterocycles. The Balaban J connectivity index is 2.15. The van der Waals surface area contributed by atoms with Gasteiger partial charge in [0.05, 0.1) is 12.7 Å². The van der Waals surface area contributed by atoms with Gasteiger partial charge in [-0.15, -0.1) is 0 Å². The quantitative estimate of drug-likeness (QED) is 0.846. The lowest BCUT2D eigenvalue weighted by atomic mass is 10.3. The van der Waals surface area contributed by atoms with Crippen molar-refractivity contribution in [3.8, 4) is 5.88 Å². The van der Waals surface area contributed by atoms with Crippen LogP contribution in [-0.2, 0) is 7.05 Å². The number of hydrogen-bond donors (Lipinski definition) is 2. The van der Waals surface area contributed by atoms with Gasteiger partial charge >= 0.3 is 5.97 Å². The first-order chi connectivity index (χ1) is 8.60. The second-order valence-corrected chi connectivity index (χ2v) is 3.56. The van der Waals surface area contributed by atoms with Gasteiger partial charge in [-0.1, -0.05) is 0 Å². The van der Waals surface area contributed by atoms with E-state index in [1.807, 2.05) is 0 Å². The molecule has 0 saturated heterocycles. The van der Waals surface area contributed by atoms with Crippen molar-refractivity contribution in [2.45, 2.75) is 0 Å². The fourth-order valence-electron chi connectivity index (χ4n) is 1.43. The summed E-state index contributed by atoms with van der Waals surface area (Å²) in [6.45, 7) is 0. The minimum atomic E-state index is -1.01. The highest BCUT2D eigenvalue weighted by Crippen LogP contribution is 2.18. The Kier molecular flexibility index (Phi) is 3.13. The molecule has 2 N–H and O–H groups in total. The first-order valence-electron chi connectivity index (χ1n) is 5.14. The second kappa shape index (κ2) is 4.74. The normalized spacial score (nSPS) is 10.1. The molecule has 0 aliphatic rings. The highest BCUT2D eigenvalue weighted by molar-refractivity contribution is 5.87. The van der Waals surface area contributed by atoms with Crippen molar-refractivity contribution in [1.29, 1.82) is 0 Å². The molecule has 2 heterocycles. The van der Waals surface area contributed by atoms with Crippen LogP contribution in [0.4, 0.5) is 11.6 Å². The molecular formula is C11H12N4O3. The van der Waals surface area contributed by atoms with E-state index < -0.39 is 5.97 Å². The van der Waals surface area contributed by atoms with Crippen LogP contribution < -0.4 is 10.1 Å². The summed E-state index contributed by atoms with van der Waals surface area (Å²) in [6.07, 6.45) is 1.28. The number of carbonyl (C=O) groups is 1. The summed E-state index contributed by atoms with van der Waals surface area (Å²) in [7, 11) is 3.31. The Bertz CT molecular complexity index is 562. The standard InChI is InChI=1S/C11H12N4O3/c1-15-10(18-2)5-9(14-15)13-8-4-3-7(6-12-8)11(16)17/h3-6H,1-2H3,(H,16,17)(H,12,13,14). The Morgan fingerprint density at radius 3 is 2.72 bits per heavy atom. The van der Waals surface area contributed by atoms with Gasteiger partial charge in [-0.05, 0) is 12.1 Å². The minimum Gasteiger partial charge on any atom is -0.481 e. The smallest absolute Gasteiger partial charge is 0.337 e. The molecule has 0 unspecified atom stereocenters. The summed E-state index contributed by atoms with van der Waals surface area (Å²) in [4.78, 5) is 14.6. The fourth-order valence-corrected chi connectivity index (χ4v) is 1.43. The average molecular weight is 248 g/mol. The number of rotatable bonds is 4. The van der Waals surface area contributed by atoms with E-state index in [-0.39, 0.29) is 5.56 Å². The number of aromatic carboxylic acids is 1. The molecule has 0 spiro atoms. The maximum Gasteiger partial charge on any atom is 0.337 e. The number of nitrogens with zero attached hydrogens (tertiary/aromatic N) is 3. The summed E-state index contributed by atoms with van der Waals surface area (Å²) >= 11 is 0. The van der Waals surface area contributed by atoms with Crippen LogP contribution in [-0.4, -0.2) is 33.0 Å². The third-order valence-corrected chi connectivity index (χ3v) is 2.31. The van der Waals surface area contributed by atoms with Gasteiger partial charge in [0.1, 0.15) is 5.82 Å². The number of aromatic nitrogens is 3. The third-order valence-electron chi connectivity index (χ3n) is 2.31. The van der Waals surface area contributed by atoms with E-state index in [2.05, 4.69) is 15.4 Å². The van der Waals surface area contributed by atoms with Crippen LogP contribution in [0.5, 0.6) is 5.88 Å². The molecule has 0 amide bonds. The van der Waals surface area contributed by atoms with E-state index >= 15 is 0 Å². The molecule has 0 bridgehead atoms. The molecule has 0 saturated carbocycles. The Labute approximate surface area is 103 Å². The molecule has 0 aliphatic heterocycles. The van der Waals surface area contributed by atoms with E-state index in [1.165, 1.54) is 12.3 Å². The topological polar surface area (TPSA) is 89.3 Å². The van der Waals surface area contributed by atoms with E-state index in [4.69, 9.17) is 9.84 Å². The molecule has 94 valence electrons. The molecule has 18 heavy (non-hydrogen) atoms. The minimum absolute atomic E-state index is 0.138. The maximum absolute atomic E-state index is 10.7. The summed E-state index contributed by atoms with van der Waals surface area (Å²) in [5.41, 5.74) is 0.138. The zero-order valence-electron chi connectivity index (χ0n) is 9.91. The van der Waals surface area contributed by atoms with Crippen molar-refractivity contribution in [2.24, 2.45) is 7.05 Å². The van der Waals surface area contributed by atoms with E-state index in [9.17, 15) is 4.79 Å². The lowest BCUT2D eigenvalue weighted by Crippen LogP contribution is -2.00.